The van der Waals surface area contributed by atoms with Crippen molar-refractivity contribution in [1.29, 1.82) is 0 Å². The molecule has 1 aromatic rings. The molecule has 1 aromatic carbocycles. The fraction of sp³-hybridized carbons (Fsp3) is 0.571. The van der Waals surface area contributed by atoms with E-state index in [9.17, 15) is 0 Å². The first-order valence-corrected chi connectivity index (χ1v) is 6.27. The van der Waals surface area contributed by atoms with E-state index in [2.05, 4.69) is 24.4 Å². The zero-order chi connectivity index (χ0) is 11.2. The van der Waals surface area contributed by atoms with Crippen molar-refractivity contribution in [2.75, 3.05) is 13.2 Å². The van der Waals surface area contributed by atoms with Crippen LogP contribution in [0, 0.1) is 6.92 Å². The fourth-order valence-corrected chi connectivity index (χ4v) is 1.72. The van der Waals surface area contributed by atoms with Gasteiger partial charge in [0.2, 0.25) is 0 Å². The lowest BCUT2D eigenvalue weighted by atomic mass is 10.2. The summed E-state index contributed by atoms with van der Waals surface area (Å²) in [6.45, 7) is 4.06. The summed E-state index contributed by atoms with van der Waals surface area (Å²) in [5.41, 5.74) is 1.26. The molecule has 0 saturated heterocycles. The lowest BCUT2D eigenvalue weighted by Crippen LogP contribution is -2.17. The smallest absolute Gasteiger partial charge is 0.119 e. The quantitative estimate of drug-likeness (QED) is 0.712. The summed E-state index contributed by atoms with van der Waals surface area (Å²) in [7, 11) is 0. The third kappa shape index (κ3) is 4.23. The Kier molecular flexibility index (Phi) is 4.23. The molecule has 0 atom stereocenters. The highest BCUT2D eigenvalue weighted by Crippen LogP contribution is 2.18. The second-order valence-electron chi connectivity index (χ2n) is 4.60. The molecule has 2 heteroatoms. The number of ether oxygens (including phenoxy) is 1. The minimum absolute atomic E-state index is 0.829. The largest absolute Gasteiger partial charge is 0.494 e. The standard InChI is InChI=1S/C14H21NO/c1-12-5-4-6-14(11-12)16-10-3-2-9-15-13-7-8-13/h4-6,11,13,15H,2-3,7-10H2,1H3. The van der Waals surface area contributed by atoms with Gasteiger partial charge in [0.05, 0.1) is 6.61 Å². The maximum atomic E-state index is 5.68. The predicted octanol–water partition coefficient (Wildman–Crippen LogP) is 2.91. The van der Waals surface area contributed by atoms with E-state index in [4.69, 9.17) is 4.74 Å². The van der Waals surface area contributed by atoms with Crippen molar-refractivity contribution in [1.82, 2.24) is 5.32 Å². The second-order valence-corrected chi connectivity index (χ2v) is 4.60. The Bertz CT molecular complexity index is 320. The summed E-state index contributed by atoms with van der Waals surface area (Å²) < 4.78 is 5.68. The molecular formula is C14H21NO. The molecule has 1 N–H and O–H groups in total. The van der Waals surface area contributed by atoms with Crippen LogP contribution in [0.1, 0.15) is 31.2 Å². The highest BCUT2D eigenvalue weighted by molar-refractivity contribution is 5.27. The molecule has 2 rings (SSSR count). The number of rotatable bonds is 7. The third-order valence-corrected chi connectivity index (χ3v) is 2.84. The molecule has 88 valence electrons. The number of hydrogen-bond donors (Lipinski definition) is 1. The average Bonchev–Trinajstić information content (AvgIpc) is 3.07. The first-order valence-electron chi connectivity index (χ1n) is 6.27. The summed E-state index contributed by atoms with van der Waals surface area (Å²) in [5.74, 6) is 0.996. The van der Waals surface area contributed by atoms with E-state index in [0.29, 0.717) is 0 Å². The maximum Gasteiger partial charge on any atom is 0.119 e. The van der Waals surface area contributed by atoms with Gasteiger partial charge in [0.25, 0.3) is 0 Å². The number of benzene rings is 1. The van der Waals surface area contributed by atoms with Crippen molar-refractivity contribution in [3.63, 3.8) is 0 Å². The summed E-state index contributed by atoms with van der Waals surface area (Å²) in [5, 5.41) is 3.51. The van der Waals surface area contributed by atoms with Crippen LogP contribution in [0.25, 0.3) is 0 Å². The van der Waals surface area contributed by atoms with Gasteiger partial charge in [0, 0.05) is 6.04 Å². The summed E-state index contributed by atoms with van der Waals surface area (Å²) in [6.07, 6.45) is 5.09. The molecule has 0 amide bonds. The van der Waals surface area contributed by atoms with E-state index in [-0.39, 0.29) is 0 Å². The monoisotopic (exact) mass is 219 g/mol. The lowest BCUT2D eigenvalue weighted by molar-refractivity contribution is 0.305. The van der Waals surface area contributed by atoms with E-state index in [0.717, 1.165) is 31.4 Å². The van der Waals surface area contributed by atoms with Crippen LogP contribution in [0.2, 0.25) is 0 Å². The molecule has 1 fully saturated rings. The van der Waals surface area contributed by atoms with Gasteiger partial charge in [0.1, 0.15) is 5.75 Å². The summed E-state index contributed by atoms with van der Waals surface area (Å²) in [4.78, 5) is 0. The van der Waals surface area contributed by atoms with Crippen molar-refractivity contribution in [2.24, 2.45) is 0 Å². The van der Waals surface area contributed by atoms with Crippen molar-refractivity contribution in [3.05, 3.63) is 29.8 Å². The third-order valence-electron chi connectivity index (χ3n) is 2.84. The molecule has 0 bridgehead atoms. The average molecular weight is 219 g/mol. The Morgan fingerprint density at radius 2 is 2.19 bits per heavy atom. The van der Waals surface area contributed by atoms with E-state index < -0.39 is 0 Å². The van der Waals surface area contributed by atoms with Gasteiger partial charge in [-0.1, -0.05) is 12.1 Å². The summed E-state index contributed by atoms with van der Waals surface area (Å²) >= 11 is 0. The van der Waals surface area contributed by atoms with Crippen LogP contribution >= 0.6 is 0 Å². The molecule has 0 aliphatic heterocycles. The molecule has 1 aliphatic carbocycles. The van der Waals surface area contributed by atoms with Gasteiger partial charge in [-0.3, -0.25) is 0 Å². The molecule has 0 heterocycles. The lowest BCUT2D eigenvalue weighted by Gasteiger charge is -2.07. The SMILES string of the molecule is Cc1cccc(OCCCCNC2CC2)c1. The number of aryl methyl sites for hydroxylation is 1. The van der Waals surface area contributed by atoms with Crippen LogP contribution in [-0.2, 0) is 0 Å². The molecule has 0 aromatic heterocycles. The molecule has 0 spiro atoms. The van der Waals surface area contributed by atoms with Crippen LogP contribution in [0.15, 0.2) is 24.3 Å². The van der Waals surface area contributed by atoms with Crippen LogP contribution in [0.4, 0.5) is 0 Å². The number of hydrogen-bond acceptors (Lipinski definition) is 2. The molecule has 16 heavy (non-hydrogen) atoms. The summed E-state index contributed by atoms with van der Waals surface area (Å²) in [6, 6.07) is 9.07. The Morgan fingerprint density at radius 1 is 1.31 bits per heavy atom. The normalized spacial score (nSPS) is 15.1. The van der Waals surface area contributed by atoms with Crippen molar-refractivity contribution in [2.45, 2.75) is 38.6 Å². The van der Waals surface area contributed by atoms with E-state index in [1.54, 1.807) is 0 Å². The topological polar surface area (TPSA) is 21.3 Å². The molecule has 2 nitrogen and oxygen atoms in total. The zero-order valence-electron chi connectivity index (χ0n) is 10.0. The fourth-order valence-electron chi connectivity index (χ4n) is 1.72. The molecule has 1 aliphatic rings. The van der Waals surface area contributed by atoms with E-state index >= 15 is 0 Å². The minimum atomic E-state index is 0.829. The minimum Gasteiger partial charge on any atom is -0.494 e. The van der Waals surface area contributed by atoms with E-state index in [1.165, 1.54) is 24.8 Å². The van der Waals surface area contributed by atoms with Crippen LogP contribution in [0.5, 0.6) is 5.75 Å². The predicted molar refractivity (Wildman–Crippen MR) is 66.9 cm³/mol. The molecule has 0 radical (unpaired) electrons. The Labute approximate surface area is 98.0 Å². The maximum absolute atomic E-state index is 5.68. The van der Waals surface area contributed by atoms with Gasteiger partial charge in [-0.05, 0) is 56.8 Å². The van der Waals surface area contributed by atoms with E-state index in [1.807, 2.05) is 12.1 Å². The van der Waals surface area contributed by atoms with Gasteiger partial charge in [0.15, 0.2) is 0 Å². The Balaban J connectivity index is 1.53. The van der Waals surface area contributed by atoms with Crippen molar-refractivity contribution >= 4 is 0 Å². The van der Waals surface area contributed by atoms with Gasteiger partial charge in [-0.25, -0.2) is 0 Å². The van der Waals surface area contributed by atoms with Crippen molar-refractivity contribution < 1.29 is 4.74 Å². The molecular weight excluding hydrogens is 198 g/mol. The first kappa shape index (κ1) is 11.5. The van der Waals surface area contributed by atoms with Crippen LogP contribution in [-0.4, -0.2) is 19.2 Å². The van der Waals surface area contributed by atoms with Gasteiger partial charge in [-0.15, -0.1) is 0 Å². The first-order chi connectivity index (χ1) is 7.84. The molecule has 1 saturated carbocycles. The molecule has 0 unspecified atom stereocenters. The van der Waals surface area contributed by atoms with Crippen LogP contribution in [0.3, 0.4) is 0 Å². The second kappa shape index (κ2) is 5.90. The van der Waals surface area contributed by atoms with Gasteiger partial charge < -0.3 is 10.1 Å². The highest BCUT2D eigenvalue weighted by atomic mass is 16.5. The van der Waals surface area contributed by atoms with Crippen molar-refractivity contribution in [3.8, 4) is 5.75 Å². The zero-order valence-corrected chi connectivity index (χ0v) is 10.0. The van der Waals surface area contributed by atoms with Gasteiger partial charge >= 0.3 is 0 Å². The number of nitrogens with one attached hydrogen (secondary N) is 1. The Hall–Kier alpha value is -1.02. The number of unbranched alkanes of at least 4 members (excludes halogenated alkanes) is 1. The van der Waals surface area contributed by atoms with Crippen LogP contribution < -0.4 is 10.1 Å². The van der Waals surface area contributed by atoms with Gasteiger partial charge in [-0.2, -0.15) is 0 Å². The Morgan fingerprint density at radius 3 is 2.94 bits per heavy atom. The highest BCUT2D eigenvalue weighted by Gasteiger charge is 2.19.